The molecule has 0 saturated carbocycles. The van der Waals surface area contributed by atoms with Crippen LogP contribution in [0, 0.1) is 0 Å². The van der Waals surface area contributed by atoms with E-state index in [0.29, 0.717) is 12.6 Å². The molecule has 0 aromatic heterocycles. The summed E-state index contributed by atoms with van der Waals surface area (Å²) in [5.74, 6) is 0.908. The molecular formula is C23H38ClIN4O2. The standard InChI is InChI=1S/C23H37ClN4O2.HI/c1-3-25-22(27-19-8-12-28(13-9-19)14-17-29-2)26-18-23(10-15-30-16-11-23)20-6-4-5-7-21(20)24;/h4-7,19H,3,8-18H2,1-2H3,(H2,25,26,27);1H. The molecule has 0 radical (unpaired) electrons. The van der Waals surface area contributed by atoms with E-state index in [-0.39, 0.29) is 29.4 Å². The van der Waals surface area contributed by atoms with Gasteiger partial charge in [0.25, 0.3) is 0 Å². The van der Waals surface area contributed by atoms with Crippen LogP contribution in [0.15, 0.2) is 29.3 Å². The summed E-state index contributed by atoms with van der Waals surface area (Å²) in [7, 11) is 1.77. The van der Waals surface area contributed by atoms with Crippen molar-refractivity contribution in [1.82, 2.24) is 15.5 Å². The first-order valence-corrected chi connectivity index (χ1v) is 11.6. The van der Waals surface area contributed by atoms with Crippen LogP contribution in [0.2, 0.25) is 5.02 Å². The smallest absolute Gasteiger partial charge is 0.191 e. The highest BCUT2D eigenvalue weighted by molar-refractivity contribution is 14.0. The fourth-order valence-electron chi connectivity index (χ4n) is 4.43. The van der Waals surface area contributed by atoms with Gasteiger partial charge in [-0.1, -0.05) is 29.8 Å². The molecule has 3 rings (SSSR count). The lowest BCUT2D eigenvalue weighted by atomic mass is 9.74. The van der Waals surface area contributed by atoms with Crippen LogP contribution in [0.1, 0.15) is 38.2 Å². The highest BCUT2D eigenvalue weighted by atomic mass is 127. The molecule has 0 atom stereocenters. The normalized spacial score (nSPS) is 20.2. The van der Waals surface area contributed by atoms with Crippen LogP contribution in [0.25, 0.3) is 0 Å². The van der Waals surface area contributed by atoms with Crippen molar-refractivity contribution in [3.8, 4) is 0 Å². The van der Waals surface area contributed by atoms with Gasteiger partial charge in [-0.15, -0.1) is 24.0 Å². The van der Waals surface area contributed by atoms with E-state index in [2.05, 4.69) is 34.6 Å². The molecule has 2 heterocycles. The van der Waals surface area contributed by atoms with Gasteiger partial charge in [-0.25, -0.2) is 0 Å². The topological polar surface area (TPSA) is 58.1 Å². The van der Waals surface area contributed by atoms with Crippen molar-refractivity contribution in [2.75, 3.05) is 59.7 Å². The number of nitrogens with one attached hydrogen (secondary N) is 2. The van der Waals surface area contributed by atoms with Crippen molar-refractivity contribution in [1.29, 1.82) is 0 Å². The summed E-state index contributed by atoms with van der Waals surface area (Å²) in [4.78, 5) is 7.51. The molecule has 176 valence electrons. The van der Waals surface area contributed by atoms with Crippen molar-refractivity contribution in [2.45, 2.75) is 44.1 Å². The lowest BCUT2D eigenvalue weighted by Gasteiger charge is -2.37. The van der Waals surface area contributed by atoms with Crippen molar-refractivity contribution in [3.63, 3.8) is 0 Å². The Morgan fingerprint density at radius 3 is 2.61 bits per heavy atom. The average molecular weight is 565 g/mol. The third-order valence-corrected chi connectivity index (χ3v) is 6.65. The molecule has 8 heteroatoms. The minimum Gasteiger partial charge on any atom is -0.383 e. The van der Waals surface area contributed by atoms with Crippen molar-refractivity contribution < 1.29 is 9.47 Å². The van der Waals surface area contributed by atoms with Gasteiger partial charge in [-0.3, -0.25) is 4.99 Å². The predicted octanol–water partition coefficient (Wildman–Crippen LogP) is 3.67. The van der Waals surface area contributed by atoms with Crippen molar-refractivity contribution in [3.05, 3.63) is 34.9 Å². The fourth-order valence-corrected chi connectivity index (χ4v) is 4.77. The van der Waals surface area contributed by atoms with Crippen molar-refractivity contribution in [2.24, 2.45) is 4.99 Å². The van der Waals surface area contributed by atoms with Crippen molar-refractivity contribution >= 4 is 41.5 Å². The Bertz CT molecular complexity index is 677. The summed E-state index contributed by atoms with van der Waals surface area (Å²) >= 11 is 6.59. The first-order chi connectivity index (χ1) is 14.7. The summed E-state index contributed by atoms with van der Waals surface area (Å²) in [5.41, 5.74) is 1.13. The second kappa shape index (κ2) is 13.8. The van der Waals surface area contributed by atoms with Crippen LogP contribution in [0.5, 0.6) is 0 Å². The number of hydrogen-bond donors (Lipinski definition) is 2. The Morgan fingerprint density at radius 2 is 1.97 bits per heavy atom. The van der Waals surface area contributed by atoms with Gasteiger partial charge in [-0.05, 0) is 44.2 Å². The Kier molecular flexibility index (Phi) is 11.9. The Hall–Kier alpha value is -0.610. The van der Waals surface area contributed by atoms with Gasteiger partial charge in [0.15, 0.2) is 5.96 Å². The van der Waals surface area contributed by atoms with E-state index in [9.17, 15) is 0 Å². The van der Waals surface area contributed by atoms with Gasteiger partial charge in [-0.2, -0.15) is 0 Å². The summed E-state index contributed by atoms with van der Waals surface area (Å²) in [6, 6.07) is 8.65. The maximum Gasteiger partial charge on any atom is 0.191 e. The van der Waals surface area contributed by atoms with Gasteiger partial charge < -0.3 is 25.0 Å². The molecule has 2 aliphatic heterocycles. The van der Waals surface area contributed by atoms with Crippen LogP contribution in [-0.2, 0) is 14.9 Å². The number of halogens is 2. The molecule has 2 fully saturated rings. The highest BCUT2D eigenvalue weighted by Gasteiger charge is 2.36. The second-order valence-electron chi connectivity index (χ2n) is 8.32. The van der Waals surface area contributed by atoms with E-state index in [1.165, 1.54) is 5.56 Å². The quantitative estimate of drug-likeness (QED) is 0.287. The summed E-state index contributed by atoms with van der Waals surface area (Å²) in [6.45, 7) is 9.19. The van der Waals surface area contributed by atoms with Crippen LogP contribution in [0.4, 0.5) is 0 Å². The summed E-state index contributed by atoms with van der Waals surface area (Å²) in [6.07, 6.45) is 4.13. The summed E-state index contributed by atoms with van der Waals surface area (Å²) < 4.78 is 10.9. The number of rotatable bonds is 8. The number of guanidine groups is 1. The van der Waals surface area contributed by atoms with E-state index in [0.717, 1.165) is 82.7 Å². The minimum atomic E-state index is -0.0670. The number of piperidine rings is 1. The van der Waals surface area contributed by atoms with E-state index in [1.54, 1.807) is 7.11 Å². The summed E-state index contributed by atoms with van der Waals surface area (Å²) in [5, 5.41) is 7.94. The zero-order valence-electron chi connectivity index (χ0n) is 18.9. The number of ether oxygens (including phenoxy) is 2. The third-order valence-electron chi connectivity index (χ3n) is 6.32. The second-order valence-corrected chi connectivity index (χ2v) is 8.73. The molecular weight excluding hydrogens is 527 g/mol. The number of hydrogen-bond acceptors (Lipinski definition) is 4. The number of methoxy groups -OCH3 is 1. The zero-order valence-corrected chi connectivity index (χ0v) is 22.0. The molecule has 2 saturated heterocycles. The average Bonchev–Trinajstić information content (AvgIpc) is 2.78. The lowest BCUT2D eigenvalue weighted by molar-refractivity contribution is 0.0531. The number of benzene rings is 1. The largest absolute Gasteiger partial charge is 0.383 e. The van der Waals surface area contributed by atoms with Crippen LogP contribution in [-0.4, -0.2) is 76.6 Å². The Labute approximate surface area is 209 Å². The zero-order chi connectivity index (χ0) is 21.2. The molecule has 31 heavy (non-hydrogen) atoms. The third kappa shape index (κ3) is 7.74. The molecule has 2 N–H and O–H groups in total. The maximum atomic E-state index is 6.59. The Balaban J connectivity index is 0.00000341. The van der Waals surface area contributed by atoms with Crippen LogP contribution >= 0.6 is 35.6 Å². The molecule has 2 aliphatic rings. The van der Waals surface area contributed by atoms with Crippen LogP contribution < -0.4 is 10.6 Å². The predicted molar refractivity (Wildman–Crippen MR) is 139 cm³/mol. The monoisotopic (exact) mass is 564 g/mol. The van der Waals surface area contributed by atoms with Gasteiger partial charge in [0.05, 0.1) is 13.2 Å². The van der Waals surface area contributed by atoms with Gasteiger partial charge in [0, 0.05) is 63.0 Å². The number of nitrogens with zero attached hydrogens (tertiary/aromatic N) is 2. The van der Waals surface area contributed by atoms with Crippen LogP contribution in [0.3, 0.4) is 0 Å². The molecule has 0 aliphatic carbocycles. The van der Waals surface area contributed by atoms with Gasteiger partial charge >= 0.3 is 0 Å². The Morgan fingerprint density at radius 1 is 1.26 bits per heavy atom. The first kappa shape index (κ1) is 26.6. The molecule has 0 amide bonds. The van der Waals surface area contributed by atoms with E-state index in [4.69, 9.17) is 26.1 Å². The number of aliphatic imine (C=N–C) groups is 1. The van der Waals surface area contributed by atoms with E-state index < -0.39 is 0 Å². The molecule has 0 unspecified atom stereocenters. The van der Waals surface area contributed by atoms with E-state index >= 15 is 0 Å². The molecule has 0 spiro atoms. The lowest BCUT2D eigenvalue weighted by Crippen LogP contribution is -2.49. The minimum absolute atomic E-state index is 0. The highest BCUT2D eigenvalue weighted by Crippen LogP contribution is 2.38. The fraction of sp³-hybridized carbons (Fsp3) is 0.696. The van der Waals surface area contributed by atoms with Gasteiger partial charge in [0.1, 0.15) is 0 Å². The number of likely N-dealkylation sites (tertiary alicyclic amines) is 1. The molecule has 6 nitrogen and oxygen atoms in total. The molecule has 1 aromatic rings. The molecule has 1 aromatic carbocycles. The SMILES string of the molecule is CCNC(=NCC1(c2ccccc2Cl)CCOCC1)NC1CCN(CCOC)CC1.I. The van der Waals surface area contributed by atoms with Gasteiger partial charge in [0.2, 0.25) is 0 Å². The molecule has 0 bridgehead atoms. The first-order valence-electron chi connectivity index (χ1n) is 11.3. The van der Waals surface area contributed by atoms with E-state index in [1.807, 2.05) is 12.1 Å². The maximum absolute atomic E-state index is 6.59.